The molecule has 2 rings (SSSR count). The van der Waals surface area contributed by atoms with E-state index in [4.69, 9.17) is 27.9 Å². The van der Waals surface area contributed by atoms with Gasteiger partial charge in [-0.1, -0.05) is 23.2 Å². The lowest BCUT2D eigenvalue weighted by molar-refractivity contribution is -0.144. The van der Waals surface area contributed by atoms with Crippen molar-refractivity contribution in [1.82, 2.24) is 9.78 Å². The number of alkyl halides is 3. The lowest BCUT2D eigenvalue weighted by Crippen LogP contribution is -2.22. The van der Waals surface area contributed by atoms with E-state index in [0.29, 0.717) is 10.7 Å². The molecule has 4 nitrogen and oxygen atoms in total. The summed E-state index contributed by atoms with van der Waals surface area (Å²) < 4.78 is 44.6. The Bertz CT molecular complexity index is 833. The van der Waals surface area contributed by atoms with Crippen LogP contribution in [0.15, 0.2) is 23.0 Å². The quantitative estimate of drug-likeness (QED) is 0.783. The number of rotatable bonds is 3. The van der Waals surface area contributed by atoms with E-state index in [1.807, 2.05) is 0 Å². The van der Waals surface area contributed by atoms with Gasteiger partial charge in [0.05, 0.1) is 16.1 Å². The molecule has 0 aliphatic heterocycles. The molecule has 0 amide bonds. The van der Waals surface area contributed by atoms with Crippen LogP contribution in [0.2, 0.25) is 10.0 Å². The fraction of sp³-hybridized carbons (Fsp3) is 0.333. The highest BCUT2D eigenvalue weighted by molar-refractivity contribution is 6.37. The van der Waals surface area contributed by atoms with E-state index in [1.165, 1.54) is 12.1 Å². The van der Waals surface area contributed by atoms with Crippen molar-refractivity contribution in [1.29, 1.82) is 0 Å². The molecule has 0 saturated carbocycles. The van der Waals surface area contributed by atoms with Crippen LogP contribution < -0.4 is 10.2 Å². The highest BCUT2D eigenvalue weighted by Crippen LogP contribution is 2.36. The van der Waals surface area contributed by atoms with Crippen LogP contribution in [0.3, 0.4) is 0 Å². The smallest absolute Gasteiger partial charge is 0.433 e. The van der Waals surface area contributed by atoms with Crippen molar-refractivity contribution in [3.05, 3.63) is 44.2 Å². The summed E-state index contributed by atoms with van der Waals surface area (Å²) in [5.41, 5.74) is -2.13. The average Bonchev–Trinajstić information content (AvgIpc) is 2.42. The van der Waals surface area contributed by atoms with Crippen molar-refractivity contribution in [2.24, 2.45) is 7.05 Å². The summed E-state index contributed by atoms with van der Waals surface area (Å²) in [6.45, 7) is 3.56. The van der Waals surface area contributed by atoms with Gasteiger partial charge in [0, 0.05) is 18.7 Å². The number of halogens is 5. The van der Waals surface area contributed by atoms with Gasteiger partial charge >= 0.3 is 6.18 Å². The van der Waals surface area contributed by atoms with Crippen LogP contribution in [0.5, 0.6) is 5.75 Å². The molecule has 2 aromatic rings. The molecule has 130 valence electrons. The molecule has 9 heteroatoms. The van der Waals surface area contributed by atoms with E-state index in [-0.39, 0.29) is 33.2 Å². The third kappa shape index (κ3) is 3.84. The molecule has 0 atom stereocenters. The second kappa shape index (κ2) is 6.64. The topological polar surface area (TPSA) is 44.1 Å². The molecule has 0 spiro atoms. The lowest BCUT2D eigenvalue weighted by atomic mass is 10.1. The Morgan fingerprint density at radius 1 is 1.17 bits per heavy atom. The summed E-state index contributed by atoms with van der Waals surface area (Å²) in [6, 6.07) is 3.23. The highest BCUT2D eigenvalue weighted by atomic mass is 35.5. The average molecular weight is 381 g/mol. The van der Waals surface area contributed by atoms with Gasteiger partial charge in [0.15, 0.2) is 0 Å². The maximum atomic E-state index is 12.8. The standard InChI is InChI=1S/C15H13Cl2F3N2O2/c1-7(2)24-12-4-8(9(16)5-10(12)17)14-11(23)6-13(15(18,19)20)22(3)21-14/h4-7H,1-3H3. The molecule has 1 heterocycles. The minimum absolute atomic E-state index is 0.0838. The normalized spacial score (nSPS) is 11.9. The number of aromatic nitrogens is 2. The SMILES string of the molecule is CC(C)Oc1cc(-c2nn(C)c(C(F)(F)F)cc2=O)c(Cl)cc1Cl. The molecule has 0 radical (unpaired) electrons. The van der Waals surface area contributed by atoms with Gasteiger partial charge in [0.25, 0.3) is 0 Å². The largest absolute Gasteiger partial charge is 0.489 e. The highest BCUT2D eigenvalue weighted by Gasteiger charge is 2.34. The van der Waals surface area contributed by atoms with Crippen molar-refractivity contribution >= 4 is 23.2 Å². The van der Waals surface area contributed by atoms with Gasteiger partial charge in [0.1, 0.15) is 17.1 Å². The first kappa shape index (κ1) is 18.6. The molecule has 1 aromatic heterocycles. The minimum atomic E-state index is -4.69. The molecule has 0 saturated heterocycles. The van der Waals surface area contributed by atoms with Crippen LogP contribution in [0.25, 0.3) is 11.3 Å². The van der Waals surface area contributed by atoms with Crippen LogP contribution in [-0.2, 0) is 13.2 Å². The molecule has 1 aromatic carbocycles. The van der Waals surface area contributed by atoms with E-state index in [2.05, 4.69) is 5.10 Å². The Balaban J connectivity index is 2.64. The summed E-state index contributed by atoms with van der Waals surface area (Å²) in [4.78, 5) is 12.1. The van der Waals surface area contributed by atoms with Gasteiger partial charge in [-0.3, -0.25) is 9.48 Å². The second-order valence-electron chi connectivity index (χ2n) is 5.29. The molecule has 0 aliphatic rings. The Morgan fingerprint density at radius 3 is 2.33 bits per heavy atom. The summed E-state index contributed by atoms with van der Waals surface area (Å²) >= 11 is 12.1. The van der Waals surface area contributed by atoms with Crippen molar-refractivity contribution in [2.75, 3.05) is 0 Å². The van der Waals surface area contributed by atoms with E-state index in [1.54, 1.807) is 13.8 Å². The first-order valence-electron chi connectivity index (χ1n) is 6.82. The van der Waals surface area contributed by atoms with Gasteiger partial charge in [-0.25, -0.2) is 0 Å². The summed E-state index contributed by atoms with van der Waals surface area (Å²) in [5.74, 6) is 0.259. The van der Waals surface area contributed by atoms with Gasteiger partial charge in [-0.05, 0) is 26.0 Å². The Morgan fingerprint density at radius 2 is 1.79 bits per heavy atom. The zero-order valence-corrected chi connectivity index (χ0v) is 14.4. The van der Waals surface area contributed by atoms with Gasteiger partial charge in [-0.2, -0.15) is 18.3 Å². The predicted molar refractivity (Wildman–Crippen MR) is 85.7 cm³/mol. The first-order valence-corrected chi connectivity index (χ1v) is 7.58. The molecular formula is C15H13Cl2F3N2O2. The molecule has 0 unspecified atom stereocenters. The van der Waals surface area contributed by atoms with Crippen LogP contribution in [0.4, 0.5) is 13.2 Å². The number of hydrogen-bond donors (Lipinski definition) is 0. The van der Waals surface area contributed by atoms with Crippen LogP contribution >= 0.6 is 23.2 Å². The monoisotopic (exact) mass is 380 g/mol. The third-order valence-corrected chi connectivity index (χ3v) is 3.64. The van der Waals surface area contributed by atoms with Crippen LogP contribution in [0, 0.1) is 0 Å². The third-order valence-electron chi connectivity index (χ3n) is 3.03. The maximum Gasteiger partial charge on any atom is 0.433 e. The molecule has 0 fully saturated rings. The van der Waals surface area contributed by atoms with E-state index in [9.17, 15) is 18.0 Å². The zero-order chi connectivity index (χ0) is 18.2. The zero-order valence-electron chi connectivity index (χ0n) is 12.9. The van der Waals surface area contributed by atoms with E-state index < -0.39 is 17.3 Å². The van der Waals surface area contributed by atoms with Gasteiger partial charge < -0.3 is 4.74 Å². The predicted octanol–water partition coefficient (Wildman–Crippen LogP) is 4.56. The summed E-state index contributed by atoms with van der Waals surface area (Å²) in [5, 5.41) is 4.03. The Labute approximate surface area is 145 Å². The summed E-state index contributed by atoms with van der Waals surface area (Å²) in [7, 11) is 1.10. The summed E-state index contributed by atoms with van der Waals surface area (Å²) in [6.07, 6.45) is -4.88. The fourth-order valence-electron chi connectivity index (χ4n) is 2.05. The van der Waals surface area contributed by atoms with E-state index in [0.717, 1.165) is 7.05 Å². The van der Waals surface area contributed by atoms with Crippen molar-refractivity contribution in [3.8, 4) is 17.0 Å². The molecular weight excluding hydrogens is 368 g/mol. The Hall–Kier alpha value is -1.73. The van der Waals surface area contributed by atoms with Crippen molar-refractivity contribution in [3.63, 3.8) is 0 Å². The van der Waals surface area contributed by atoms with Crippen molar-refractivity contribution < 1.29 is 17.9 Å². The van der Waals surface area contributed by atoms with E-state index >= 15 is 0 Å². The molecule has 0 bridgehead atoms. The Kier molecular flexibility index (Phi) is 5.15. The first-order chi connectivity index (χ1) is 11.0. The number of hydrogen-bond acceptors (Lipinski definition) is 3. The second-order valence-corrected chi connectivity index (χ2v) is 6.11. The molecule has 24 heavy (non-hydrogen) atoms. The fourth-order valence-corrected chi connectivity index (χ4v) is 2.56. The van der Waals surface area contributed by atoms with Crippen LogP contribution in [0.1, 0.15) is 19.5 Å². The molecule has 0 N–H and O–H groups in total. The van der Waals surface area contributed by atoms with Gasteiger partial charge in [0.2, 0.25) is 5.43 Å². The van der Waals surface area contributed by atoms with Crippen molar-refractivity contribution in [2.45, 2.75) is 26.1 Å². The minimum Gasteiger partial charge on any atom is -0.489 e. The van der Waals surface area contributed by atoms with Gasteiger partial charge in [-0.15, -0.1) is 0 Å². The number of benzene rings is 1. The lowest BCUT2D eigenvalue weighted by Gasteiger charge is -2.15. The molecule has 0 aliphatic carbocycles. The number of ether oxygens (including phenoxy) is 1. The number of nitrogens with zero attached hydrogens (tertiary/aromatic N) is 2. The van der Waals surface area contributed by atoms with Crippen LogP contribution in [-0.4, -0.2) is 15.9 Å². The maximum absolute atomic E-state index is 12.8. The number of aryl methyl sites for hydroxylation is 1.